The number of hydrogen-bond donors (Lipinski definition) is 0. The van der Waals surface area contributed by atoms with Crippen molar-refractivity contribution in [2.45, 2.75) is 39.7 Å². The number of nitrogens with zero attached hydrogens (tertiary/aromatic N) is 1. The first-order chi connectivity index (χ1) is 5.77. The Hall–Kier alpha value is -0.300. The van der Waals surface area contributed by atoms with Crippen molar-refractivity contribution in [2.75, 3.05) is 13.1 Å². The summed E-state index contributed by atoms with van der Waals surface area (Å²) in [6.07, 6.45) is 7.46. The molecule has 1 aliphatic carbocycles. The van der Waals surface area contributed by atoms with Gasteiger partial charge in [-0.3, -0.25) is 4.90 Å². The molecule has 1 nitrogen and oxygen atoms in total. The molecule has 1 rings (SSSR count). The van der Waals surface area contributed by atoms with E-state index in [1.54, 1.807) is 0 Å². The maximum atomic E-state index is 2.53. The average Bonchev–Trinajstić information content (AvgIpc) is 2.10. The van der Waals surface area contributed by atoms with Gasteiger partial charge in [0.05, 0.1) is 0 Å². The molecule has 70 valence electrons. The Morgan fingerprint density at radius 1 is 1.17 bits per heavy atom. The first-order valence-corrected chi connectivity index (χ1v) is 5.20. The molecule has 2 atom stereocenters. The lowest BCUT2D eigenvalue weighted by molar-refractivity contribution is 0.229. The highest BCUT2D eigenvalue weighted by molar-refractivity contribution is 5.01. The van der Waals surface area contributed by atoms with Crippen LogP contribution >= 0.6 is 0 Å². The highest BCUT2D eigenvalue weighted by atomic mass is 15.1. The van der Waals surface area contributed by atoms with Gasteiger partial charge in [-0.1, -0.05) is 32.9 Å². The van der Waals surface area contributed by atoms with Gasteiger partial charge >= 0.3 is 0 Å². The Balaban J connectivity index is 2.47. The van der Waals surface area contributed by atoms with Crippen LogP contribution in [0.5, 0.6) is 0 Å². The number of hydrogen-bond acceptors (Lipinski definition) is 1. The molecule has 0 bridgehead atoms. The zero-order valence-corrected chi connectivity index (χ0v) is 8.59. The summed E-state index contributed by atoms with van der Waals surface area (Å²) in [4.78, 5) is 2.53. The molecule has 1 aliphatic rings. The molecule has 0 aromatic rings. The van der Waals surface area contributed by atoms with Crippen molar-refractivity contribution >= 4 is 0 Å². The van der Waals surface area contributed by atoms with E-state index in [2.05, 4.69) is 37.8 Å². The van der Waals surface area contributed by atoms with Crippen molar-refractivity contribution in [1.82, 2.24) is 4.90 Å². The van der Waals surface area contributed by atoms with E-state index in [1.807, 2.05) is 0 Å². The van der Waals surface area contributed by atoms with Gasteiger partial charge in [0.1, 0.15) is 0 Å². The lowest BCUT2D eigenvalue weighted by Gasteiger charge is -2.30. The topological polar surface area (TPSA) is 3.24 Å². The second-order valence-electron chi connectivity index (χ2n) is 3.73. The highest BCUT2D eigenvalue weighted by Gasteiger charge is 2.16. The third kappa shape index (κ3) is 2.34. The van der Waals surface area contributed by atoms with Crippen LogP contribution in [0.3, 0.4) is 0 Å². The Morgan fingerprint density at radius 2 is 1.83 bits per heavy atom. The van der Waals surface area contributed by atoms with Gasteiger partial charge in [-0.15, -0.1) is 0 Å². The van der Waals surface area contributed by atoms with E-state index in [1.165, 1.54) is 25.9 Å². The maximum absolute atomic E-state index is 2.53. The molecule has 0 aromatic heterocycles. The van der Waals surface area contributed by atoms with Gasteiger partial charge in [-0.25, -0.2) is 0 Å². The minimum atomic E-state index is 0.719. The molecular weight excluding hydrogens is 146 g/mol. The minimum absolute atomic E-state index is 0.719. The largest absolute Gasteiger partial charge is 0.297 e. The first-order valence-electron chi connectivity index (χ1n) is 5.20. The van der Waals surface area contributed by atoms with Crippen LogP contribution in [-0.4, -0.2) is 24.0 Å². The van der Waals surface area contributed by atoms with Crippen LogP contribution in [0.2, 0.25) is 0 Å². The zero-order valence-electron chi connectivity index (χ0n) is 8.59. The van der Waals surface area contributed by atoms with Gasteiger partial charge in [0.25, 0.3) is 0 Å². The monoisotopic (exact) mass is 167 g/mol. The van der Waals surface area contributed by atoms with Gasteiger partial charge in [0, 0.05) is 6.04 Å². The fourth-order valence-electron chi connectivity index (χ4n) is 1.94. The fraction of sp³-hybridized carbons (Fsp3) is 0.818. The van der Waals surface area contributed by atoms with Crippen LogP contribution in [0.15, 0.2) is 12.2 Å². The number of rotatable bonds is 3. The van der Waals surface area contributed by atoms with Crippen LogP contribution in [-0.2, 0) is 0 Å². The van der Waals surface area contributed by atoms with Crippen LogP contribution in [0, 0.1) is 5.92 Å². The Labute approximate surface area is 76.5 Å². The zero-order chi connectivity index (χ0) is 8.97. The first kappa shape index (κ1) is 9.79. The molecule has 0 N–H and O–H groups in total. The Morgan fingerprint density at radius 3 is 2.25 bits per heavy atom. The van der Waals surface area contributed by atoms with Gasteiger partial charge in [-0.2, -0.15) is 0 Å². The average molecular weight is 167 g/mol. The van der Waals surface area contributed by atoms with E-state index in [0.717, 1.165) is 12.0 Å². The van der Waals surface area contributed by atoms with E-state index >= 15 is 0 Å². The molecule has 0 aromatic carbocycles. The van der Waals surface area contributed by atoms with Crippen LogP contribution in [0.25, 0.3) is 0 Å². The van der Waals surface area contributed by atoms with Crippen molar-refractivity contribution in [3.8, 4) is 0 Å². The summed E-state index contributed by atoms with van der Waals surface area (Å²) < 4.78 is 0. The van der Waals surface area contributed by atoms with Crippen LogP contribution < -0.4 is 0 Å². The predicted octanol–water partition coefficient (Wildman–Crippen LogP) is 2.68. The highest BCUT2D eigenvalue weighted by Crippen LogP contribution is 2.20. The minimum Gasteiger partial charge on any atom is -0.297 e. The normalized spacial score (nSPS) is 29.7. The molecule has 12 heavy (non-hydrogen) atoms. The number of allylic oxidation sites excluding steroid dienone is 1. The quantitative estimate of drug-likeness (QED) is 0.584. The van der Waals surface area contributed by atoms with Crippen molar-refractivity contribution in [2.24, 2.45) is 5.92 Å². The van der Waals surface area contributed by atoms with Crippen molar-refractivity contribution < 1.29 is 0 Å². The molecule has 0 saturated carbocycles. The summed E-state index contributed by atoms with van der Waals surface area (Å²) >= 11 is 0. The second-order valence-corrected chi connectivity index (χ2v) is 3.73. The molecule has 2 unspecified atom stereocenters. The fourth-order valence-corrected chi connectivity index (χ4v) is 1.94. The van der Waals surface area contributed by atoms with E-state index in [4.69, 9.17) is 0 Å². The van der Waals surface area contributed by atoms with E-state index in [0.29, 0.717) is 0 Å². The van der Waals surface area contributed by atoms with E-state index in [9.17, 15) is 0 Å². The van der Waals surface area contributed by atoms with E-state index < -0.39 is 0 Å². The predicted molar refractivity (Wildman–Crippen MR) is 54.2 cm³/mol. The van der Waals surface area contributed by atoms with Gasteiger partial charge in [-0.05, 0) is 31.8 Å². The Kier molecular flexibility index (Phi) is 3.80. The summed E-state index contributed by atoms with van der Waals surface area (Å²) in [5, 5.41) is 0. The molecule has 0 aliphatic heterocycles. The molecule has 0 heterocycles. The summed E-state index contributed by atoms with van der Waals surface area (Å²) in [6, 6.07) is 0.719. The molecule has 0 amide bonds. The standard InChI is InChI=1S/C11H21N/c1-4-12(5-2)11-8-6-10(3)7-9-11/h6,8,10-11H,4-5,7,9H2,1-3H3. The molecular formula is C11H21N. The molecule has 0 spiro atoms. The third-order valence-electron chi connectivity index (χ3n) is 2.86. The molecule has 0 fully saturated rings. The van der Waals surface area contributed by atoms with Crippen molar-refractivity contribution in [1.29, 1.82) is 0 Å². The smallest absolute Gasteiger partial charge is 0.0278 e. The van der Waals surface area contributed by atoms with Crippen LogP contribution in [0.4, 0.5) is 0 Å². The summed E-state index contributed by atoms with van der Waals surface area (Å²) in [5.41, 5.74) is 0. The lowest BCUT2D eigenvalue weighted by Crippen LogP contribution is -2.35. The lowest BCUT2D eigenvalue weighted by atomic mass is 9.93. The summed E-state index contributed by atoms with van der Waals surface area (Å²) in [6.45, 7) is 9.15. The van der Waals surface area contributed by atoms with E-state index in [-0.39, 0.29) is 0 Å². The SMILES string of the molecule is CCN(CC)C1C=CC(C)CC1. The van der Waals surface area contributed by atoms with Crippen molar-refractivity contribution in [3.63, 3.8) is 0 Å². The van der Waals surface area contributed by atoms with Gasteiger partial charge < -0.3 is 0 Å². The second kappa shape index (κ2) is 4.66. The molecule has 1 heteroatoms. The summed E-state index contributed by atoms with van der Waals surface area (Å²) in [5.74, 6) is 0.803. The maximum Gasteiger partial charge on any atom is 0.0278 e. The molecule has 0 radical (unpaired) electrons. The van der Waals surface area contributed by atoms with Gasteiger partial charge in [0.2, 0.25) is 0 Å². The third-order valence-corrected chi connectivity index (χ3v) is 2.86. The Bertz CT molecular complexity index is 147. The number of likely N-dealkylation sites (N-methyl/N-ethyl adjacent to an activating group) is 1. The van der Waals surface area contributed by atoms with Crippen molar-refractivity contribution in [3.05, 3.63) is 12.2 Å². The molecule has 0 saturated heterocycles. The van der Waals surface area contributed by atoms with Gasteiger partial charge in [0.15, 0.2) is 0 Å². The van der Waals surface area contributed by atoms with Crippen LogP contribution in [0.1, 0.15) is 33.6 Å². The summed E-state index contributed by atoms with van der Waals surface area (Å²) in [7, 11) is 0.